The quantitative estimate of drug-likeness (QED) is 0.607. The predicted octanol–water partition coefficient (Wildman–Crippen LogP) is 3.10. The Kier molecular flexibility index (Phi) is 2.52. The van der Waals surface area contributed by atoms with Crippen LogP contribution < -0.4 is 0 Å². The molecule has 0 aromatic heterocycles. The van der Waals surface area contributed by atoms with Crippen molar-refractivity contribution in [3.8, 4) is 0 Å². The maximum atomic E-state index is 11.7. The number of Topliss-reactive ketones (excluding diaryl/α,β-unsaturated/α-hetero) is 1. The molecule has 2 aliphatic carbocycles. The topological polar surface area (TPSA) is 17.1 Å². The maximum absolute atomic E-state index is 11.7. The number of unbranched alkanes of at least 4 members (excludes halogenated alkanes) is 1. The number of hydrogen-bond donors (Lipinski definition) is 0. The van der Waals surface area contributed by atoms with Crippen molar-refractivity contribution < 1.29 is 4.79 Å². The predicted molar refractivity (Wildman–Crippen MR) is 53.4 cm³/mol. The molecule has 1 heteroatoms. The molecule has 1 fully saturated rings. The van der Waals surface area contributed by atoms with E-state index >= 15 is 0 Å². The van der Waals surface area contributed by atoms with Gasteiger partial charge in [-0.2, -0.15) is 0 Å². The Morgan fingerprint density at radius 2 is 2.31 bits per heavy atom. The molecule has 0 aromatic carbocycles. The Hall–Kier alpha value is -0.590. The second-order valence-electron chi connectivity index (χ2n) is 4.35. The summed E-state index contributed by atoms with van der Waals surface area (Å²) in [6, 6.07) is 0. The third-order valence-electron chi connectivity index (χ3n) is 3.48. The van der Waals surface area contributed by atoms with Crippen LogP contribution in [-0.4, -0.2) is 5.78 Å². The molecule has 0 unspecified atom stereocenters. The van der Waals surface area contributed by atoms with Gasteiger partial charge in [0.1, 0.15) is 5.78 Å². The molecule has 2 bridgehead atoms. The molecule has 2 rings (SSSR count). The molecule has 0 amide bonds. The van der Waals surface area contributed by atoms with Crippen molar-refractivity contribution in [1.29, 1.82) is 0 Å². The number of fused-ring (bicyclic) bond motifs is 2. The fourth-order valence-corrected chi connectivity index (χ4v) is 2.63. The number of hydrogen-bond acceptors (Lipinski definition) is 1. The van der Waals surface area contributed by atoms with Gasteiger partial charge in [0, 0.05) is 11.8 Å². The summed E-state index contributed by atoms with van der Waals surface area (Å²) >= 11 is 0. The van der Waals surface area contributed by atoms with E-state index in [0.717, 1.165) is 19.3 Å². The number of rotatable bonds is 3. The Labute approximate surface area is 80.2 Å². The summed E-state index contributed by atoms with van der Waals surface area (Å²) in [5, 5.41) is 0. The van der Waals surface area contributed by atoms with Crippen LogP contribution >= 0.6 is 0 Å². The van der Waals surface area contributed by atoms with Gasteiger partial charge in [-0.25, -0.2) is 0 Å². The van der Waals surface area contributed by atoms with Crippen LogP contribution in [0.15, 0.2) is 11.6 Å². The fraction of sp³-hybridized carbons (Fsp3) is 0.750. The normalized spacial score (nSPS) is 32.1. The number of ketones is 1. The van der Waals surface area contributed by atoms with E-state index in [-0.39, 0.29) is 0 Å². The van der Waals surface area contributed by atoms with Crippen molar-refractivity contribution in [1.82, 2.24) is 0 Å². The van der Waals surface area contributed by atoms with Gasteiger partial charge in [-0.3, -0.25) is 4.79 Å². The number of carbonyl (C=O) groups is 1. The summed E-state index contributed by atoms with van der Waals surface area (Å²) < 4.78 is 0. The van der Waals surface area contributed by atoms with Crippen LogP contribution in [-0.2, 0) is 4.79 Å². The minimum Gasteiger partial charge on any atom is -0.299 e. The summed E-state index contributed by atoms with van der Waals surface area (Å²) in [6.07, 6.45) is 9.32. The zero-order valence-electron chi connectivity index (χ0n) is 8.38. The van der Waals surface area contributed by atoms with Crippen LogP contribution in [0.1, 0.15) is 45.4 Å². The van der Waals surface area contributed by atoms with Crippen LogP contribution in [0.4, 0.5) is 0 Å². The van der Waals surface area contributed by atoms with E-state index in [2.05, 4.69) is 13.0 Å². The van der Waals surface area contributed by atoms with Crippen molar-refractivity contribution in [2.45, 2.75) is 45.4 Å². The summed E-state index contributed by atoms with van der Waals surface area (Å²) in [7, 11) is 0. The Balaban J connectivity index is 2.04. The van der Waals surface area contributed by atoms with Gasteiger partial charge >= 0.3 is 0 Å². The molecule has 0 spiro atoms. The molecule has 2 aliphatic rings. The molecular formula is C12H18O. The largest absolute Gasteiger partial charge is 0.299 e. The highest BCUT2D eigenvalue weighted by Gasteiger charge is 2.38. The molecule has 72 valence electrons. The van der Waals surface area contributed by atoms with Gasteiger partial charge in [-0.15, -0.1) is 0 Å². The van der Waals surface area contributed by atoms with E-state index in [1.165, 1.54) is 24.8 Å². The number of allylic oxidation sites excluding steroid dienone is 2. The van der Waals surface area contributed by atoms with Crippen LogP contribution in [0.25, 0.3) is 0 Å². The highest BCUT2D eigenvalue weighted by Crippen LogP contribution is 2.40. The lowest BCUT2D eigenvalue weighted by molar-refractivity contribution is -0.123. The van der Waals surface area contributed by atoms with Crippen molar-refractivity contribution in [3.05, 3.63) is 11.6 Å². The smallest absolute Gasteiger partial charge is 0.143 e. The standard InChI is InChI=1S/C12H18O/c1-2-3-4-9-5-6-10-7-8-11(9)12(10)13/h5,10-11H,2-4,6-8H2,1H3/t10-,11-/m0/s1. The summed E-state index contributed by atoms with van der Waals surface area (Å²) in [5.74, 6) is 1.29. The first kappa shape index (κ1) is 8.98. The number of carbonyl (C=O) groups excluding carboxylic acids is 1. The van der Waals surface area contributed by atoms with Crippen molar-refractivity contribution >= 4 is 5.78 Å². The van der Waals surface area contributed by atoms with E-state index < -0.39 is 0 Å². The molecule has 0 aliphatic heterocycles. The molecule has 0 radical (unpaired) electrons. The Bertz CT molecular complexity index is 240. The SMILES string of the molecule is CCCCC1=CC[C@H]2CC[C@@H]1C2=O. The average molecular weight is 178 g/mol. The first-order valence-corrected chi connectivity index (χ1v) is 5.55. The third-order valence-corrected chi connectivity index (χ3v) is 3.48. The van der Waals surface area contributed by atoms with Crippen LogP contribution in [0.3, 0.4) is 0 Å². The first-order valence-electron chi connectivity index (χ1n) is 5.55. The van der Waals surface area contributed by atoms with Crippen molar-refractivity contribution in [2.24, 2.45) is 11.8 Å². The van der Waals surface area contributed by atoms with Gasteiger partial charge in [0.2, 0.25) is 0 Å². The molecule has 13 heavy (non-hydrogen) atoms. The summed E-state index contributed by atoms with van der Waals surface area (Å²) in [4.78, 5) is 11.7. The lowest BCUT2D eigenvalue weighted by Crippen LogP contribution is -2.19. The second kappa shape index (κ2) is 3.65. The Morgan fingerprint density at radius 1 is 1.46 bits per heavy atom. The maximum Gasteiger partial charge on any atom is 0.143 e. The van der Waals surface area contributed by atoms with Gasteiger partial charge in [-0.1, -0.05) is 25.0 Å². The van der Waals surface area contributed by atoms with Crippen LogP contribution in [0, 0.1) is 11.8 Å². The van der Waals surface area contributed by atoms with E-state index in [1.54, 1.807) is 0 Å². The van der Waals surface area contributed by atoms with Gasteiger partial charge in [-0.05, 0) is 32.1 Å². The molecular weight excluding hydrogens is 160 g/mol. The van der Waals surface area contributed by atoms with E-state index in [9.17, 15) is 4.79 Å². The summed E-state index contributed by atoms with van der Waals surface area (Å²) in [6.45, 7) is 2.21. The van der Waals surface area contributed by atoms with Gasteiger partial charge in [0.05, 0.1) is 0 Å². The highest BCUT2D eigenvalue weighted by atomic mass is 16.1. The highest BCUT2D eigenvalue weighted by molar-refractivity contribution is 5.89. The zero-order chi connectivity index (χ0) is 9.26. The first-order chi connectivity index (χ1) is 6.33. The summed E-state index contributed by atoms with van der Waals surface area (Å²) in [5.41, 5.74) is 1.46. The molecule has 0 saturated heterocycles. The minimum atomic E-state index is 0.338. The lowest BCUT2D eigenvalue weighted by atomic mass is 9.85. The fourth-order valence-electron chi connectivity index (χ4n) is 2.63. The lowest BCUT2D eigenvalue weighted by Gasteiger charge is -2.19. The Morgan fingerprint density at radius 3 is 3.08 bits per heavy atom. The molecule has 0 aromatic rings. The van der Waals surface area contributed by atoms with Gasteiger partial charge in [0.25, 0.3) is 0 Å². The monoisotopic (exact) mass is 178 g/mol. The molecule has 1 nitrogen and oxygen atoms in total. The van der Waals surface area contributed by atoms with Crippen LogP contribution in [0.5, 0.6) is 0 Å². The van der Waals surface area contributed by atoms with E-state index in [4.69, 9.17) is 0 Å². The molecule has 2 atom stereocenters. The second-order valence-corrected chi connectivity index (χ2v) is 4.35. The molecule has 0 N–H and O–H groups in total. The van der Waals surface area contributed by atoms with Crippen molar-refractivity contribution in [2.75, 3.05) is 0 Å². The van der Waals surface area contributed by atoms with Crippen LogP contribution in [0.2, 0.25) is 0 Å². The van der Waals surface area contributed by atoms with E-state index in [0.29, 0.717) is 17.6 Å². The average Bonchev–Trinajstić information content (AvgIpc) is 2.38. The molecule has 1 saturated carbocycles. The third kappa shape index (κ3) is 1.56. The van der Waals surface area contributed by atoms with Crippen molar-refractivity contribution in [3.63, 3.8) is 0 Å². The van der Waals surface area contributed by atoms with E-state index in [1.807, 2.05) is 0 Å². The molecule has 0 heterocycles. The minimum absolute atomic E-state index is 0.338. The van der Waals surface area contributed by atoms with Gasteiger partial charge < -0.3 is 0 Å². The zero-order valence-corrected chi connectivity index (χ0v) is 8.38. The van der Waals surface area contributed by atoms with Gasteiger partial charge in [0.15, 0.2) is 0 Å².